The molecule has 4 aromatic rings. The number of hydrogen-bond donors (Lipinski definition) is 1. The van der Waals surface area contributed by atoms with E-state index in [1.165, 1.54) is 23.1 Å². The van der Waals surface area contributed by atoms with E-state index in [4.69, 9.17) is 21.3 Å². The first-order valence-corrected chi connectivity index (χ1v) is 13.6. The molecular formula is C26H26ClN3O3S2. The summed E-state index contributed by atoms with van der Waals surface area (Å²) in [7, 11) is 1.61. The first-order chi connectivity index (χ1) is 17.0. The average Bonchev–Trinajstić information content (AvgIpc) is 3.34. The van der Waals surface area contributed by atoms with Crippen LogP contribution in [-0.2, 0) is 17.1 Å². The zero-order valence-corrected chi connectivity index (χ0v) is 21.7. The summed E-state index contributed by atoms with van der Waals surface area (Å²) in [6.07, 6.45) is 2.79. The predicted molar refractivity (Wildman–Crippen MR) is 145 cm³/mol. The molecule has 182 valence electrons. The molecule has 1 N–H and O–H groups in total. The lowest BCUT2D eigenvalue weighted by Gasteiger charge is -2.12. The second-order valence-corrected chi connectivity index (χ2v) is 10.2. The highest BCUT2D eigenvalue weighted by Crippen LogP contribution is 2.27. The van der Waals surface area contributed by atoms with E-state index in [0.29, 0.717) is 33.6 Å². The molecule has 2 aromatic carbocycles. The molecular weight excluding hydrogens is 502 g/mol. The van der Waals surface area contributed by atoms with Gasteiger partial charge in [-0.05, 0) is 60.2 Å². The lowest BCUT2D eigenvalue weighted by molar-refractivity contribution is -0.116. The Kier molecular flexibility index (Phi) is 8.84. The number of aromatic nitrogens is 2. The lowest BCUT2D eigenvalue weighted by atomic mass is 10.2. The van der Waals surface area contributed by atoms with Crippen LogP contribution in [0.4, 0.5) is 5.69 Å². The SMILES string of the molecule is COc1ccc(NC(=O)CCCCCn2c(SCc3ccccc3Cl)nc3ccsc3c2=O)cc1. The van der Waals surface area contributed by atoms with E-state index >= 15 is 0 Å². The van der Waals surface area contributed by atoms with Gasteiger partial charge in [-0.25, -0.2) is 4.98 Å². The number of carbonyl (C=O) groups excluding carboxylic acids is 1. The van der Waals surface area contributed by atoms with Crippen LogP contribution in [0.3, 0.4) is 0 Å². The van der Waals surface area contributed by atoms with Crippen molar-refractivity contribution in [1.29, 1.82) is 0 Å². The van der Waals surface area contributed by atoms with Gasteiger partial charge in [0.2, 0.25) is 5.91 Å². The smallest absolute Gasteiger partial charge is 0.272 e. The minimum absolute atomic E-state index is 0.0103. The summed E-state index contributed by atoms with van der Waals surface area (Å²) in [6, 6.07) is 16.8. The number of unbranched alkanes of at least 4 members (excludes halogenated alkanes) is 2. The number of methoxy groups -OCH3 is 1. The average molecular weight is 528 g/mol. The Morgan fingerprint density at radius 1 is 1.11 bits per heavy atom. The van der Waals surface area contributed by atoms with Crippen LogP contribution in [0.1, 0.15) is 31.2 Å². The number of nitrogens with one attached hydrogen (secondary N) is 1. The zero-order chi connectivity index (χ0) is 24.6. The highest BCUT2D eigenvalue weighted by Gasteiger charge is 2.13. The number of rotatable bonds is 11. The van der Waals surface area contributed by atoms with Gasteiger partial charge in [0, 0.05) is 29.4 Å². The van der Waals surface area contributed by atoms with Gasteiger partial charge in [0.05, 0.1) is 12.6 Å². The number of halogens is 1. The van der Waals surface area contributed by atoms with E-state index in [2.05, 4.69) is 5.32 Å². The first kappa shape index (κ1) is 25.3. The molecule has 0 bridgehead atoms. The molecule has 0 fully saturated rings. The molecule has 0 spiro atoms. The minimum Gasteiger partial charge on any atom is -0.497 e. The fraction of sp³-hybridized carbons (Fsp3) is 0.269. The Balaban J connectivity index is 1.33. The number of carbonyl (C=O) groups is 1. The van der Waals surface area contributed by atoms with Gasteiger partial charge < -0.3 is 10.1 Å². The number of anilines is 1. The van der Waals surface area contributed by atoms with Gasteiger partial charge >= 0.3 is 0 Å². The van der Waals surface area contributed by atoms with E-state index < -0.39 is 0 Å². The topological polar surface area (TPSA) is 73.2 Å². The number of thioether (sulfide) groups is 1. The van der Waals surface area contributed by atoms with Gasteiger partial charge in [0.25, 0.3) is 5.56 Å². The summed E-state index contributed by atoms with van der Waals surface area (Å²) in [5.41, 5.74) is 2.48. The fourth-order valence-electron chi connectivity index (χ4n) is 3.62. The van der Waals surface area contributed by atoms with Crippen LogP contribution in [0.25, 0.3) is 10.2 Å². The normalized spacial score (nSPS) is 11.0. The predicted octanol–water partition coefficient (Wildman–Crippen LogP) is 6.61. The van der Waals surface area contributed by atoms with E-state index in [-0.39, 0.29) is 11.5 Å². The molecule has 9 heteroatoms. The lowest BCUT2D eigenvalue weighted by Crippen LogP contribution is -2.22. The quantitative estimate of drug-likeness (QED) is 0.135. The summed E-state index contributed by atoms with van der Waals surface area (Å²) in [6.45, 7) is 0.560. The van der Waals surface area contributed by atoms with Crippen molar-refractivity contribution in [3.63, 3.8) is 0 Å². The Morgan fingerprint density at radius 2 is 1.91 bits per heavy atom. The van der Waals surface area contributed by atoms with E-state index in [9.17, 15) is 9.59 Å². The van der Waals surface area contributed by atoms with E-state index in [1.807, 2.05) is 60.0 Å². The van der Waals surface area contributed by atoms with Crippen molar-refractivity contribution in [2.75, 3.05) is 12.4 Å². The van der Waals surface area contributed by atoms with Crippen molar-refractivity contribution in [3.05, 3.63) is 80.9 Å². The van der Waals surface area contributed by atoms with Crippen LogP contribution in [0.2, 0.25) is 5.02 Å². The van der Waals surface area contributed by atoms with Crippen LogP contribution in [-0.4, -0.2) is 22.6 Å². The third kappa shape index (κ3) is 6.66. The molecule has 2 aromatic heterocycles. The van der Waals surface area contributed by atoms with E-state index in [0.717, 1.165) is 41.8 Å². The van der Waals surface area contributed by atoms with Crippen molar-refractivity contribution < 1.29 is 9.53 Å². The van der Waals surface area contributed by atoms with Crippen molar-refractivity contribution in [2.45, 2.75) is 43.1 Å². The first-order valence-electron chi connectivity index (χ1n) is 11.3. The van der Waals surface area contributed by atoms with Crippen molar-refractivity contribution >= 4 is 56.5 Å². The number of nitrogens with zero attached hydrogens (tertiary/aromatic N) is 2. The zero-order valence-electron chi connectivity index (χ0n) is 19.3. The van der Waals surface area contributed by atoms with Gasteiger partial charge in [-0.2, -0.15) is 0 Å². The summed E-state index contributed by atoms with van der Waals surface area (Å²) < 4.78 is 7.57. The second-order valence-electron chi connectivity index (χ2n) is 7.95. The summed E-state index contributed by atoms with van der Waals surface area (Å²) in [5.74, 6) is 1.36. The Morgan fingerprint density at radius 3 is 2.69 bits per heavy atom. The van der Waals surface area contributed by atoms with Crippen LogP contribution < -0.4 is 15.6 Å². The van der Waals surface area contributed by atoms with Crippen LogP contribution >= 0.6 is 34.7 Å². The van der Waals surface area contributed by atoms with Gasteiger partial charge in [-0.1, -0.05) is 48.0 Å². The summed E-state index contributed by atoms with van der Waals surface area (Å²) in [4.78, 5) is 30.1. The molecule has 6 nitrogen and oxygen atoms in total. The molecule has 2 heterocycles. The molecule has 0 aliphatic heterocycles. The van der Waals surface area contributed by atoms with Crippen LogP contribution in [0.5, 0.6) is 5.75 Å². The molecule has 1 amide bonds. The monoisotopic (exact) mass is 527 g/mol. The maximum absolute atomic E-state index is 13.1. The number of benzene rings is 2. The third-order valence-corrected chi connectivity index (χ3v) is 7.79. The van der Waals surface area contributed by atoms with Crippen molar-refractivity contribution in [1.82, 2.24) is 9.55 Å². The maximum atomic E-state index is 13.1. The van der Waals surface area contributed by atoms with E-state index in [1.54, 1.807) is 11.7 Å². The van der Waals surface area contributed by atoms with Gasteiger partial charge in [0.15, 0.2) is 5.16 Å². The second kappa shape index (κ2) is 12.2. The number of fused-ring (bicyclic) bond motifs is 1. The van der Waals surface area contributed by atoms with Gasteiger partial charge in [-0.15, -0.1) is 11.3 Å². The fourth-order valence-corrected chi connectivity index (χ4v) is 5.71. The Hall–Kier alpha value is -2.81. The Bertz CT molecular complexity index is 1350. The Labute approximate surface area is 217 Å². The largest absolute Gasteiger partial charge is 0.497 e. The molecule has 0 unspecified atom stereocenters. The summed E-state index contributed by atoms with van der Waals surface area (Å²) in [5, 5.41) is 6.20. The molecule has 0 aliphatic carbocycles. The molecule has 4 rings (SSSR count). The number of thiophene rings is 1. The molecule has 35 heavy (non-hydrogen) atoms. The number of ether oxygens (including phenoxy) is 1. The summed E-state index contributed by atoms with van der Waals surface area (Å²) >= 11 is 9.24. The number of amides is 1. The third-order valence-electron chi connectivity index (χ3n) is 5.50. The number of hydrogen-bond acceptors (Lipinski definition) is 6. The molecule has 0 atom stereocenters. The molecule has 0 saturated carbocycles. The van der Waals surface area contributed by atoms with Gasteiger partial charge in [0.1, 0.15) is 10.4 Å². The molecule has 0 radical (unpaired) electrons. The van der Waals surface area contributed by atoms with Crippen LogP contribution in [0, 0.1) is 0 Å². The molecule has 0 saturated heterocycles. The maximum Gasteiger partial charge on any atom is 0.272 e. The highest BCUT2D eigenvalue weighted by molar-refractivity contribution is 7.98. The highest BCUT2D eigenvalue weighted by atomic mass is 35.5. The molecule has 0 aliphatic rings. The minimum atomic E-state index is -0.0232. The van der Waals surface area contributed by atoms with Crippen molar-refractivity contribution in [2.24, 2.45) is 0 Å². The van der Waals surface area contributed by atoms with Crippen molar-refractivity contribution in [3.8, 4) is 5.75 Å². The standard InChI is InChI=1S/C26H26ClN3O3S2/c1-33-20-12-10-19(11-13-20)28-23(31)9-3-2-6-15-30-25(32)24-22(14-16-34-24)29-26(30)35-17-18-7-4-5-8-21(18)27/h4-5,7-8,10-14,16H,2-3,6,9,15,17H2,1H3,(H,28,31). The van der Waals surface area contributed by atoms with Gasteiger partial charge in [-0.3, -0.25) is 14.2 Å². The van der Waals surface area contributed by atoms with Crippen LogP contribution in [0.15, 0.2) is 69.9 Å².